The molecule has 0 spiro atoms. The van der Waals surface area contributed by atoms with Crippen molar-refractivity contribution in [3.05, 3.63) is 64.3 Å². The lowest BCUT2D eigenvalue weighted by Gasteiger charge is -2.13. The highest BCUT2D eigenvalue weighted by Gasteiger charge is 2.25. The normalized spacial score (nSPS) is 15.6. The first kappa shape index (κ1) is 21.0. The van der Waals surface area contributed by atoms with Crippen molar-refractivity contribution in [3.63, 3.8) is 0 Å². The standard InChI is InChI=1S/C26H25ClN2O3/c1-15-10-24-22(14-21(15)26(31)29-18-5-6-18)25(8-9-28-24)32-20-7-4-17(23(27)13-20)12-19(30)11-16-2-3-16/h4,7-10,13-14,16,18H,2-3,5-6,11-12H2,1H3,(H,29,31). The van der Waals surface area contributed by atoms with Crippen LogP contribution in [0.1, 0.15) is 53.6 Å². The van der Waals surface area contributed by atoms with Crippen molar-refractivity contribution < 1.29 is 14.3 Å². The number of amides is 1. The van der Waals surface area contributed by atoms with Gasteiger partial charge in [-0.3, -0.25) is 14.6 Å². The molecule has 5 nitrogen and oxygen atoms in total. The highest BCUT2D eigenvalue weighted by molar-refractivity contribution is 6.31. The van der Waals surface area contributed by atoms with Gasteiger partial charge in [0.25, 0.3) is 5.91 Å². The van der Waals surface area contributed by atoms with Crippen LogP contribution in [-0.4, -0.2) is 22.7 Å². The summed E-state index contributed by atoms with van der Waals surface area (Å²) in [6.07, 6.45) is 7.09. The number of halogens is 1. The molecule has 0 bridgehead atoms. The molecule has 0 atom stereocenters. The Morgan fingerprint density at radius 1 is 1.12 bits per heavy atom. The van der Waals surface area contributed by atoms with Gasteiger partial charge in [0.2, 0.25) is 0 Å². The molecule has 2 aromatic carbocycles. The minimum absolute atomic E-state index is 0.0648. The Balaban J connectivity index is 1.38. The van der Waals surface area contributed by atoms with Gasteiger partial charge in [0.1, 0.15) is 17.3 Å². The van der Waals surface area contributed by atoms with Gasteiger partial charge in [-0.25, -0.2) is 0 Å². The van der Waals surface area contributed by atoms with E-state index < -0.39 is 0 Å². The topological polar surface area (TPSA) is 68.3 Å². The molecule has 0 unspecified atom stereocenters. The number of hydrogen-bond acceptors (Lipinski definition) is 4. The number of carbonyl (C=O) groups is 2. The van der Waals surface area contributed by atoms with E-state index in [1.54, 1.807) is 18.3 Å². The predicted molar refractivity (Wildman–Crippen MR) is 125 cm³/mol. The Hall–Kier alpha value is -2.92. The third kappa shape index (κ3) is 4.78. The number of aromatic nitrogens is 1. The molecule has 32 heavy (non-hydrogen) atoms. The average Bonchev–Trinajstić information content (AvgIpc) is 3.67. The summed E-state index contributed by atoms with van der Waals surface area (Å²) in [5.41, 5.74) is 3.09. The molecule has 1 aromatic heterocycles. The maximum absolute atomic E-state index is 12.7. The molecule has 1 amide bonds. The highest BCUT2D eigenvalue weighted by atomic mass is 35.5. The smallest absolute Gasteiger partial charge is 0.251 e. The van der Waals surface area contributed by atoms with Gasteiger partial charge in [-0.2, -0.15) is 0 Å². The molecular weight excluding hydrogens is 424 g/mol. The van der Waals surface area contributed by atoms with Gasteiger partial charge in [-0.1, -0.05) is 17.7 Å². The van der Waals surface area contributed by atoms with E-state index in [1.165, 1.54) is 0 Å². The van der Waals surface area contributed by atoms with Crippen LogP contribution in [0, 0.1) is 12.8 Å². The van der Waals surface area contributed by atoms with E-state index in [2.05, 4.69) is 10.3 Å². The van der Waals surface area contributed by atoms with Crippen molar-refractivity contribution in [2.45, 2.75) is 51.5 Å². The number of aryl methyl sites for hydroxylation is 1. The number of ketones is 1. The second-order valence-corrected chi connectivity index (χ2v) is 9.37. The lowest BCUT2D eigenvalue weighted by molar-refractivity contribution is -0.118. The lowest BCUT2D eigenvalue weighted by Crippen LogP contribution is -2.26. The van der Waals surface area contributed by atoms with Crippen molar-refractivity contribution in [2.24, 2.45) is 5.92 Å². The molecule has 2 fully saturated rings. The first-order valence-corrected chi connectivity index (χ1v) is 11.5. The molecule has 0 aliphatic heterocycles. The van der Waals surface area contributed by atoms with Gasteiger partial charge in [0, 0.05) is 41.1 Å². The maximum Gasteiger partial charge on any atom is 0.251 e. The van der Waals surface area contributed by atoms with Crippen molar-refractivity contribution in [3.8, 4) is 11.5 Å². The number of hydrogen-bond donors (Lipinski definition) is 1. The van der Waals surface area contributed by atoms with Crippen LogP contribution in [0.15, 0.2) is 42.6 Å². The predicted octanol–water partition coefficient (Wildman–Crippen LogP) is 5.79. The van der Waals surface area contributed by atoms with E-state index in [0.29, 0.717) is 46.9 Å². The van der Waals surface area contributed by atoms with E-state index in [-0.39, 0.29) is 11.7 Å². The van der Waals surface area contributed by atoms with Crippen LogP contribution in [0.3, 0.4) is 0 Å². The minimum Gasteiger partial charge on any atom is -0.457 e. The number of Topliss-reactive ketones (excluding diaryl/α,β-unsaturated/α-hetero) is 1. The Morgan fingerprint density at radius 2 is 1.94 bits per heavy atom. The number of nitrogens with zero attached hydrogens (tertiary/aromatic N) is 1. The van der Waals surface area contributed by atoms with Gasteiger partial charge < -0.3 is 10.1 Å². The number of carbonyl (C=O) groups excluding carboxylic acids is 2. The summed E-state index contributed by atoms with van der Waals surface area (Å²) >= 11 is 6.45. The molecule has 1 heterocycles. The zero-order chi connectivity index (χ0) is 22.2. The fraction of sp³-hybridized carbons (Fsp3) is 0.346. The largest absolute Gasteiger partial charge is 0.457 e. The van der Waals surface area contributed by atoms with E-state index in [4.69, 9.17) is 16.3 Å². The zero-order valence-corrected chi connectivity index (χ0v) is 18.7. The van der Waals surface area contributed by atoms with Crippen molar-refractivity contribution in [1.82, 2.24) is 10.3 Å². The molecule has 1 N–H and O–H groups in total. The van der Waals surface area contributed by atoms with Crippen molar-refractivity contribution in [2.75, 3.05) is 0 Å². The average molecular weight is 449 g/mol. The fourth-order valence-corrected chi connectivity index (χ4v) is 4.12. The Kier molecular flexibility index (Phi) is 5.60. The first-order chi connectivity index (χ1) is 15.5. The minimum atomic E-state index is -0.0648. The molecule has 3 aromatic rings. The SMILES string of the molecule is Cc1cc2nccc(Oc3ccc(CC(=O)CC4CC4)c(Cl)c3)c2cc1C(=O)NC1CC1. The second kappa shape index (κ2) is 8.55. The number of rotatable bonds is 8. The van der Waals surface area contributed by atoms with Crippen molar-refractivity contribution >= 4 is 34.2 Å². The van der Waals surface area contributed by atoms with E-state index in [1.807, 2.05) is 31.2 Å². The molecule has 2 aliphatic rings. The number of benzene rings is 2. The number of ether oxygens (including phenoxy) is 1. The van der Waals surface area contributed by atoms with Gasteiger partial charge in [-0.05, 0) is 80.0 Å². The second-order valence-electron chi connectivity index (χ2n) is 8.96. The molecule has 6 heteroatoms. The van der Waals surface area contributed by atoms with Crippen molar-refractivity contribution in [1.29, 1.82) is 0 Å². The van der Waals surface area contributed by atoms with Crippen LogP contribution in [0.5, 0.6) is 11.5 Å². The summed E-state index contributed by atoms with van der Waals surface area (Å²) in [7, 11) is 0. The van der Waals surface area contributed by atoms with Crippen LogP contribution in [0.4, 0.5) is 0 Å². The van der Waals surface area contributed by atoms with E-state index in [9.17, 15) is 9.59 Å². The molecule has 2 saturated carbocycles. The van der Waals surface area contributed by atoms with Crippen LogP contribution in [-0.2, 0) is 11.2 Å². The molecule has 0 saturated heterocycles. The number of fused-ring (bicyclic) bond motifs is 1. The summed E-state index contributed by atoms with van der Waals surface area (Å²) in [6, 6.07) is 11.2. The molecule has 0 radical (unpaired) electrons. The lowest BCUT2D eigenvalue weighted by atomic mass is 10.0. The number of nitrogens with one attached hydrogen (secondary N) is 1. The Labute approximate surface area is 192 Å². The summed E-state index contributed by atoms with van der Waals surface area (Å²) < 4.78 is 6.13. The molecular formula is C26H25ClN2O3. The summed E-state index contributed by atoms with van der Waals surface area (Å²) in [6.45, 7) is 1.92. The molecule has 164 valence electrons. The summed E-state index contributed by atoms with van der Waals surface area (Å²) in [4.78, 5) is 29.3. The Morgan fingerprint density at radius 3 is 2.66 bits per heavy atom. The highest BCUT2D eigenvalue weighted by Crippen LogP contribution is 2.35. The van der Waals surface area contributed by atoms with Gasteiger partial charge >= 0.3 is 0 Å². The molecule has 5 rings (SSSR count). The van der Waals surface area contributed by atoms with Gasteiger partial charge in [0.15, 0.2) is 0 Å². The number of pyridine rings is 1. The van der Waals surface area contributed by atoms with Crippen LogP contribution in [0.25, 0.3) is 10.9 Å². The van der Waals surface area contributed by atoms with E-state index in [0.717, 1.165) is 47.7 Å². The maximum atomic E-state index is 12.7. The zero-order valence-electron chi connectivity index (χ0n) is 18.0. The molecule has 2 aliphatic carbocycles. The van der Waals surface area contributed by atoms with Crippen LogP contribution in [0.2, 0.25) is 5.02 Å². The van der Waals surface area contributed by atoms with Gasteiger partial charge in [0.05, 0.1) is 5.52 Å². The van der Waals surface area contributed by atoms with Crippen LogP contribution < -0.4 is 10.1 Å². The van der Waals surface area contributed by atoms with Gasteiger partial charge in [-0.15, -0.1) is 0 Å². The third-order valence-corrected chi connectivity index (χ3v) is 6.41. The fourth-order valence-electron chi connectivity index (χ4n) is 3.89. The quantitative estimate of drug-likeness (QED) is 0.473. The van der Waals surface area contributed by atoms with E-state index >= 15 is 0 Å². The monoisotopic (exact) mass is 448 g/mol. The Bertz CT molecular complexity index is 1220. The van der Waals surface area contributed by atoms with Crippen LogP contribution >= 0.6 is 11.6 Å². The third-order valence-electron chi connectivity index (χ3n) is 6.06. The first-order valence-electron chi connectivity index (χ1n) is 11.1. The summed E-state index contributed by atoms with van der Waals surface area (Å²) in [5, 5.41) is 4.33. The summed E-state index contributed by atoms with van der Waals surface area (Å²) in [5.74, 6) is 1.92.